The second-order valence-corrected chi connectivity index (χ2v) is 7.79. The molecule has 4 aromatic rings. The second-order valence-electron chi connectivity index (χ2n) is 7.79. The monoisotopic (exact) mass is 461 g/mol. The van der Waals surface area contributed by atoms with Crippen molar-refractivity contribution in [2.75, 3.05) is 29.1 Å². The fourth-order valence-electron chi connectivity index (χ4n) is 3.81. The summed E-state index contributed by atoms with van der Waals surface area (Å²) in [5.41, 5.74) is 1.41. The third-order valence-corrected chi connectivity index (χ3v) is 5.48. The molecule has 1 atom stereocenters. The van der Waals surface area contributed by atoms with E-state index in [9.17, 15) is 9.59 Å². The first kappa shape index (κ1) is 21.4. The number of aromatic nitrogens is 5. The lowest BCUT2D eigenvalue weighted by Gasteiger charge is -2.16. The number of imidazole rings is 1. The van der Waals surface area contributed by atoms with Gasteiger partial charge in [0.05, 0.1) is 18.1 Å². The number of oxazole rings is 1. The number of fused-ring (bicyclic) bond motifs is 1. The molecule has 2 amide bonds. The minimum absolute atomic E-state index is 0.0645. The third-order valence-electron chi connectivity index (χ3n) is 5.48. The smallest absolute Gasteiger partial charge is 0.272 e. The first-order valence-electron chi connectivity index (χ1n) is 10.8. The van der Waals surface area contributed by atoms with E-state index in [1.165, 1.54) is 23.2 Å². The van der Waals surface area contributed by atoms with Crippen molar-refractivity contribution in [2.45, 2.75) is 25.8 Å². The van der Waals surface area contributed by atoms with E-state index in [1.807, 2.05) is 6.07 Å². The number of carbonyl (C=O) groups is 2. The predicted molar refractivity (Wildman–Crippen MR) is 124 cm³/mol. The highest BCUT2D eigenvalue weighted by Gasteiger charge is 2.23. The van der Waals surface area contributed by atoms with Crippen molar-refractivity contribution in [1.82, 2.24) is 29.9 Å². The maximum Gasteiger partial charge on any atom is 0.272 e. The molecule has 1 aliphatic rings. The lowest BCUT2D eigenvalue weighted by atomic mass is 10.3. The molecule has 1 fully saturated rings. The molecule has 12 nitrogen and oxygen atoms in total. The van der Waals surface area contributed by atoms with Crippen molar-refractivity contribution in [3.05, 3.63) is 54.5 Å². The van der Waals surface area contributed by atoms with E-state index >= 15 is 0 Å². The first-order chi connectivity index (χ1) is 16.5. The van der Waals surface area contributed by atoms with Crippen LogP contribution in [0.25, 0.3) is 5.65 Å². The van der Waals surface area contributed by atoms with Gasteiger partial charge in [0.15, 0.2) is 17.2 Å². The van der Waals surface area contributed by atoms with Crippen molar-refractivity contribution < 1.29 is 14.0 Å². The van der Waals surface area contributed by atoms with Gasteiger partial charge in [-0.1, -0.05) is 6.07 Å². The summed E-state index contributed by atoms with van der Waals surface area (Å²) < 4.78 is 6.72. The zero-order valence-corrected chi connectivity index (χ0v) is 18.6. The maximum atomic E-state index is 12.9. The van der Waals surface area contributed by atoms with Crippen LogP contribution in [-0.2, 0) is 4.79 Å². The van der Waals surface area contributed by atoms with Gasteiger partial charge >= 0.3 is 0 Å². The minimum atomic E-state index is -0.432. The highest BCUT2D eigenvalue weighted by Crippen LogP contribution is 2.25. The molecule has 34 heavy (non-hydrogen) atoms. The molecular formula is C22H23N9O3. The summed E-state index contributed by atoms with van der Waals surface area (Å²) in [4.78, 5) is 39.7. The van der Waals surface area contributed by atoms with Gasteiger partial charge in [0.2, 0.25) is 11.8 Å². The molecule has 1 unspecified atom stereocenters. The Morgan fingerprint density at radius 2 is 2.12 bits per heavy atom. The molecule has 4 aromatic heterocycles. The fourth-order valence-corrected chi connectivity index (χ4v) is 3.81. The summed E-state index contributed by atoms with van der Waals surface area (Å²) in [5.74, 6) is 1.64. The highest BCUT2D eigenvalue weighted by molar-refractivity contribution is 5.95. The Hall–Kier alpha value is -4.48. The molecule has 1 aliphatic heterocycles. The Labute approximate surface area is 194 Å². The van der Waals surface area contributed by atoms with Crippen LogP contribution in [0.2, 0.25) is 0 Å². The Morgan fingerprint density at radius 1 is 1.24 bits per heavy atom. The molecule has 0 bridgehead atoms. The zero-order chi connectivity index (χ0) is 23.7. The van der Waals surface area contributed by atoms with E-state index in [1.54, 1.807) is 37.1 Å². The van der Waals surface area contributed by atoms with E-state index in [0.29, 0.717) is 47.6 Å². The number of nitrogens with zero attached hydrogens (tertiary/aromatic N) is 6. The van der Waals surface area contributed by atoms with Crippen molar-refractivity contribution in [3.63, 3.8) is 0 Å². The number of rotatable bonds is 7. The van der Waals surface area contributed by atoms with Crippen LogP contribution in [0.15, 0.2) is 47.3 Å². The predicted octanol–water partition coefficient (Wildman–Crippen LogP) is 2.52. The standard InChI is InChI=1S/C22H23N9O3/c1-13(22-24-8-10-34-22)26-21(33)15-12-25-20-14(23-2)11-17(29-31(15)20)27-16-5-3-6-18(28-16)30-9-4-7-19(30)32/h3,5-6,8,10-13,23H,4,7,9H2,1-2H3,(H,26,33)(H,27,28,29). The van der Waals surface area contributed by atoms with Crippen molar-refractivity contribution in [3.8, 4) is 0 Å². The summed E-state index contributed by atoms with van der Waals surface area (Å²) in [6, 6.07) is 6.76. The van der Waals surface area contributed by atoms with E-state index in [-0.39, 0.29) is 17.5 Å². The van der Waals surface area contributed by atoms with Crippen molar-refractivity contribution in [2.24, 2.45) is 0 Å². The van der Waals surface area contributed by atoms with Crippen LogP contribution in [0.5, 0.6) is 0 Å². The van der Waals surface area contributed by atoms with Crippen LogP contribution >= 0.6 is 0 Å². The number of anilines is 4. The number of amides is 2. The van der Waals surface area contributed by atoms with Gasteiger partial charge < -0.3 is 20.4 Å². The van der Waals surface area contributed by atoms with Crippen molar-refractivity contribution in [1.29, 1.82) is 0 Å². The Balaban J connectivity index is 1.43. The Bertz CT molecular complexity index is 1350. The summed E-state index contributed by atoms with van der Waals surface area (Å²) in [6.45, 7) is 2.43. The van der Waals surface area contributed by atoms with Gasteiger partial charge in [-0.3, -0.25) is 14.5 Å². The Kier molecular flexibility index (Phi) is 5.54. The van der Waals surface area contributed by atoms with Gasteiger partial charge in [0.25, 0.3) is 5.91 Å². The molecule has 174 valence electrons. The zero-order valence-electron chi connectivity index (χ0n) is 18.6. The minimum Gasteiger partial charge on any atom is -0.447 e. The quantitative estimate of drug-likeness (QED) is 0.378. The molecule has 0 aliphatic carbocycles. The van der Waals surface area contributed by atoms with Crippen LogP contribution in [0.3, 0.4) is 0 Å². The lowest BCUT2D eigenvalue weighted by molar-refractivity contribution is -0.117. The summed E-state index contributed by atoms with van der Waals surface area (Å²) >= 11 is 0. The van der Waals surface area contributed by atoms with Crippen LogP contribution < -0.4 is 20.9 Å². The molecule has 5 rings (SSSR count). The normalized spacial score (nSPS) is 14.4. The molecule has 0 aromatic carbocycles. The molecule has 12 heteroatoms. The molecule has 5 heterocycles. The van der Waals surface area contributed by atoms with Crippen LogP contribution in [0, 0.1) is 0 Å². The van der Waals surface area contributed by atoms with Gasteiger partial charge in [-0.25, -0.2) is 19.5 Å². The van der Waals surface area contributed by atoms with Gasteiger partial charge in [0.1, 0.15) is 23.9 Å². The van der Waals surface area contributed by atoms with Crippen LogP contribution in [0.4, 0.5) is 23.1 Å². The topological polar surface area (TPSA) is 143 Å². The van der Waals surface area contributed by atoms with Gasteiger partial charge in [-0.15, -0.1) is 5.10 Å². The molecule has 0 radical (unpaired) electrons. The average Bonchev–Trinajstić information content (AvgIpc) is 3.59. The third kappa shape index (κ3) is 4.00. The number of pyridine rings is 1. The number of nitrogens with one attached hydrogen (secondary N) is 3. The fraction of sp³-hybridized carbons (Fsp3) is 0.273. The van der Waals surface area contributed by atoms with Gasteiger partial charge in [-0.2, -0.15) is 0 Å². The van der Waals surface area contributed by atoms with Crippen LogP contribution in [-0.4, -0.2) is 50.0 Å². The van der Waals surface area contributed by atoms with Crippen molar-refractivity contribution >= 4 is 40.6 Å². The molecule has 0 spiro atoms. The van der Waals surface area contributed by atoms with E-state index < -0.39 is 6.04 Å². The second kappa shape index (κ2) is 8.81. The number of carbonyl (C=O) groups excluding carboxylic acids is 2. The summed E-state index contributed by atoms with van der Waals surface area (Å²) in [6.07, 6.45) is 5.79. The number of hydrogen-bond acceptors (Lipinski definition) is 9. The molecule has 0 saturated carbocycles. The van der Waals surface area contributed by atoms with E-state index in [2.05, 4.69) is 36.0 Å². The van der Waals surface area contributed by atoms with E-state index in [0.717, 1.165) is 6.42 Å². The lowest BCUT2D eigenvalue weighted by Crippen LogP contribution is -2.28. The van der Waals surface area contributed by atoms with Crippen LogP contribution in [0.1, 0.15) is 42.2 Å². The summed E-state index contributed by atoms with van der Waals surface area (Å²) in [7, 11) is 1.76. The number of hydrogen-bond donors (Lipinski definition) is 3. The summed E-state index contributed by atoms with van der Waals surface area (Å²) in [5, 5.41) is 13.6. The van der Waals surface area contributed by atoms with E-state index in [4.69, 9.17) is 4.42 Å². The molecular weight excluding hydrogens is 438 g/mol. The molecule has 3 N–H and O–H groups in total. The highest BCUT2D eigenvalue weighted by atomic mass is 16.3. The van der Waals surface area contributed by atoms with Gasteiger partial charge in [-0.05, 0) is 25.5 Å². The SMILES string of the molecule is CNc1cc(Nc2cccc(N3CCCC3=O)n2)nn2c(C(=O)NC(C)c3ncco3)cnc12. The average molecular weight is 461 g/mol. The first-order valence-corrected chi connectivity index (χ1v) is 10.8. The maximum absolute atomic E-state index is 12.9. The van der Waals surface area contributed by atoms with Gasteiger partial charge in [0, 0.05) is 26.1 Å². The Morgan fingerprint density at radius 3 is 2.85 bits per heavy atom. The molecule has 1 saturated heterocycles. The largest absolute Gasteiger partial charge is 0.447 e.